The van der Waals surface area contributed by atoms with Gasteiger partial charge in [0.15, 0.2) is 0 Å². The van der Waals surface area contributed by atoms with Gasteiger partial charge in [-0.3, -0.25) is 14.4 Å². The summed E-state index contributed by atoms with van der Waals surface area (Å²) in [5, 5.41) is 0. The quantitative estimate of drug-likeness (QED) is 0.486. The Kier molecular flexibility index (Phi) is 6.27. The molecule has 0 bridgehead atoms. The molecule has 3 aromatic rings. The normalized spacial score (nSPS) is 12.8. The summed E-state index contributed by atoms with van der Waals surface area (Å²) in [6, 6.07) is 21.2. The molecule has 3 amide bonds. The molecule has 168 valence electrons. The van der Waals surface area contributed by atoms with Crippen molar-refractivity contribution >= 4 is 23.4 Å². The lowest BCUT2D eigenvalue weighted by Crippen LogP contribution is -2.36. The first-order valence-corrected chi connectivity index (χ1v) is 11.0. The molecule has 3 aromatic carbocycles. The van der Waals surface area contributed by atoms with Crippen LogP contribution in [0.3, 0.4) is 0 Å². The molecule has 0 N–H and O–H groups in total. The Balaban J connectivity index is 1.61. The molecular formula is C27H26N2O4. The van der Waals surface area contributed by atoms with E-state index in [1.54, 1.807) is 41.3 Å². The van der Waals surface area contributed by atoms with Crippen LogP contribution in [0, 0.1) is 0 Å². The first-order chi connectivity index (χ1) is 15.9. The molecule has 0 saturated carbocycles. The van der Waals surface area contributed by atoms with Crippen molar-refractivity contribution in [3.05, 3.63) is 95.1 Å². The predicted octanol–water partition coefficient (Wildman–Crippen LogP) is 4.94. The van der Waals surface area contributed by atoms with Crippen molar-refractivity contribution < 1.29 is 19.1 Å². The minimum atomic E-state index is -0.437. The van der Waals surface area contributed by atoms with E-state index in [4.69, 9.17) is 4.74 Å². The van der Waals surface area contributed by atoms with E-state index in [1.165, 1.54) is 6.07 Å². The Morgan fingerprint density at radius 1 is 0.909 bits per heavy atom. The van der Waals surface area contributed by atoms with E-state index in [9.17, 15) is 14.4 Å². The summed E-state index contributed by atoms with van der Waals surface area (Å²) in [5.74, 6) is -0.356. The molecule has 6 nitrogen and oxygen atoms in total. The zero-order valence-corrected chi connectivity index (χ0v) is 18.9. The maximum atomic E-state index is 13.3. The Bertz CT molecular complexity index is 1190. The number of anilines is 1. The molecule has 4 rings (SSSR count). The molecule has 0 aromatic heterocycles. The van der Waals surface area contributed by atoms with E-state index in [0.29, 0.717) is 35.7 Å². The number of benzene rings is 3. The van der Waals surface area contributed by atoms with E-state index in [2.05, 4.69) is 0 Å². The second kappa shape index (κ2) is 9.28. The highest BCUT2D eigenvalue weighted by Gasteiger charge is 2.37. The molecule has 1 heterocycles. The van der Waals surface area contributed by atoms with Gasteiger partial charge in [0.1, 0.15) is 5.75 Å². The number of rotatable bonds is 7. The molecule has 0 atom stereocenters. The molecule has 0 fully saturated rings. The van der Waals surface area contributed by atoms with Crippen molar-refractivity contribution in [2.24, 2.45) is 0 Å². The van der Waals surface area contributed by atoms with Crippen molar-refractivity contribution in [3.63, 3.8) is 0 Å². The zero-order valence-electron chi connectivity index (χ0n) is 18.9. The van der Waals surface area contributed by atoms with E-state index < -0.39 is 11.8 Å². The van der Waals surface area contributed by atoms with Crippen LogP contribution in [0.4, 0.5) is 5.69 Å². The van der Waals surface area contributed by atoms with Gasteiger partial charge in [0.25, 0.3) is 17.7 Å². The Morgan fingerprint density at radius 3 is 2.21 bits per heavy atom. The van der Waals surface area contributed by atoms with Crippen LogP contribution in [0.25, 0.3) is 0 Å². The molecule has 0 unspecified atom stereocenters. The molecule has 0 aliphatic carbocycles. The Hall–Kier alpha value is -3.93. The second-order valence-corrected chi connectivity index (χ2v) is 8.15. The summed E-state index contributed by atoms with van der Waals surface area (Å²) < 4.78 is 5.43. The minimum Gasteiger partial charge on any atom is -0.494 e. The Labute approximate surface area is 193 Å². The molecule has 0 radical (unpaired) electrons. The van der Waals surface area contributed by atoms with Gasteiger partial charge >= 0.3 is 0 Å². The fraction of sp³-hybridized carbons (Fsp3) is 0.222. The van der Waals surface area contributed by atoms with Crippen LogP contribution in [-0.4, -0.2) is 35.3 Å². The van der Waals surface area contributed by atoms with Crippen LogP contribution in [0.15, 0.2) is 72.8 Å². The summed E-state index contributed by atoms with van der Waals surface area (Å²) in [6.07, 6.45) is 0. The highest BCUT2D eigenvalue weighted by atomic mass is 16.5. The van der Waals surface area contributed by atoms with Crippen molar-refractivity contribution in [2.45, 2.75) is 33.4 Å². The highest BCUT2D eigenvalue weighted by Crippen LogP contribution is 2.30. The van der Waals surface area contributed by atoms with Gasteiger partial charge in [0.05, 0.1) is 23.4 Å². The van der Waals surface area contributed by atoms with E-state index in [1.807, 2.05) is 51.1 Å². The van der Waals surface area contributed by atoms with Crippen LogP contribution in [0.1, 0.15) is 57.4 Å². The number of nitrogens with zero attached hydrogens (tertiary/aromatic N) is 2. The summed E-state index contributed by atoms with van der Waals surface area (Å²) >= 11 is 0. The van der Waals surface area contributed by atoms with E-state index in [-0.39, 0.29) is 17.5 Å². The van der Waals surface area contributed by atoms with Gasteiger partial charge in [-0.25, -0.2) is 4.90 Å². The molecule has 33 heavy (non-hydrogen) atoms. The number of amides is 3. The van der Waals surface area contributed by atoms with Crippen LogP contribution in [0.2, 0.25) is 0 Å². The minimum absolute atomic E-state index is 0.0383. The van der Waals surface area contributed by atoms with Gasteiger partial charge in [-0.05, 0) is 68.8 Å². The topological polar surface area (TPSA) is 66.9 Å². The van der Waals surface area contributed by atoms with Gasteiger partial charge in [-0.15, -0.1) is 0 Å². The predicted molar refractivity (Wildman–Crippen MR) is 127 cm³/mol. The lowest BCUT2D eigenvalue weighted by Gasteiger charge is -2.27. The third-order valence-corrected chi connectivity index (χ3v) is 5.62. The highest BCUT2D eigenvalue weighted by molar-refractivity contribution is 6.34. The fourth-order valence-electron chi connectivity index (χ4n) is 3.90. The molecule has 0 spiro atoms. The van der Waals surface area contributed by atoms with Crippen LogP contribution < -0.4 is 9.64 Å². The summed E-state index contributed by atoms with van der Waals surface area (Å²) in [5.41, 5.74) is 2.40. The van der Waals surface area contributed by atoms with Gasteiger partial charge in [0, 0.05) is 18.2 Å². The Morgan fingerprint density at radius 2 is 1.58 bits per heavy atom. The molecule has 1 aliphatic heterocycles. The van der Waals surface area contributed by atoms with Crippen molar-refractivity contribution in [1.29, 1.82) is 0 Å². The van der Waals surface area contributed by atoms with Gasteiger partial charge in [-0.1, -0.05) is 30.3 Å². The number of fused-ring (bicyclic) bond motifs is 1. The second-order valence-electron chi connectivity index (χ2n) is 8.15. The molecule has 6 heteroatoms. The molecule has 0 saturated heterocycles. The average Bonchev–Trinajstić information content (AvgIpc) is 3.08. The molecule has 1 aliphatic rings. The van der Waals surface area contributed by atoms with E-state index >= 15 is 0 Å². The number of carbonyl (C=O) groups excluding carboxylic acids is 3. The lowest BCUT2D eigenvalue weighted by atomic mass is 10.0. The monoisotopic (exact) mass is 442 g/mol. The third kappa shape index (κ3) is 4.37. The summed E-state index contributed by atoms with van der Waals surface area (Å²) in [4.78, 5) is 42.3. The lowest BCUT2D eigenvalue weighted by molar-refractivity contribution is 0.0690. The third-order valence-electron chi connectivity index (χ3n) is 5.62. The summed E-state index contributed by atoms with van der Waals surface area (Å²) in [6.45, 7) is 6.78. The zero-order chi connectivity index (χ0) is 23.5. The summed E-state index contributed by atoms with van der Waals surface area (Å²) in [7, 11) is 0. The van der Waals surface area contributed by atoms with Crippen LogP contribution >= 0.6 is 0 Å². The number of hydrogen-bond acceptors (Lipinski definition) is 4. The van der Waals surface area contributed by atoms with Crippen LogP contribution in [-0.2, 0) is 6.54 Å². The smallest absolute Gasteiger partial charge is 0.266 e. The number of hydrogen-bond donors (Lipinski definition) is 0. The van der Waals surface area contributed by atoms with Gasteiger partial charge in [-0.2, -0.15) is 0 Å². The first kappa shape index (κ1) is 22.3. The fourth-order valence-corrected chi connectivity index (χ4v) is 3.90. The first-order valence-electron chi connectivity index (χ1n) is 11.0. The van der Waals surface area contributed by atoms with Crippen LogP contribution in [0.5, 0.6) is 5.75 Å². The largest absolute Gasteiger partial charge is 0.494 e. The maximum Gasteiger partial charge on any atom is 0.266 e. The number of ether oxygens (including phenoxy) is 1. The van der Waals surface area contributed by atoms with Crippen molar-refractivity contribution in [1.82, 2.24) is 4.90 Å². The number of carbonyl (C=O) groups is 3. The average molecular weight is 443 g/mol. The SMILES string of the molecule is CCOc1ccc(N2C(=O)c3ccc(C(=O)N(Cc4ccccc4)C(C)C)cc3C2=O)cc1. The maximum absolute atomic E-state index is 13.3. The number of imide groups is 1. The molecular weight excluding hydrogens is 416 g/mol. The van der Waals surface area contributed by atoms with E-state index in [0.717, 1.165) is 10.5 Å². The van der Waals surface area contributed by atoms with Crippen molar-refractivity contribution in [2.75, 3.05) is 11.5 Å². The van der Waals surface area contributed by atoms with Gasteiger partial charge < -0.3 is 9.64 Å². The van der Waals surface area contributed by atoms with Gasteiger partial charge in [0.2, 0.25) is 0 Å². The standard InChI is InChI=1S/C27H26N2O4/c1-4-33-22-13-11-21(12-14-22)29-26(31)23-15-10-20(16-24(23)27(29)32)25(30)28(18(2)3)17-19-8-6-5-7-9-19/h5-16,18H,4,17H2,1-3H3. The van der Waals surface area contributed by atoms with Crippen molar-refractivity contribution in [3.8, 4) is 5.75 Å².